The second kappa shape index (κ2) is 7.85. The molecule has 0 amide bonds. The van der Waals surface area contributed by atoms with Crippen molar-refractivity contribution in [3.63, 3.8) is 0 Å². The Bertz CT molecular complexity index is 176. The Balaban J connectivity index is 2.25. The molecule has 0 spiro atoms. The lowest BCUT2D eigenvalue weighted by Crippen LogP contribution is -2.39. The summed E-state index contributed by atoms with van der Waals surface area (Å²) >= 11 is 0. The minimum Gasteiger partial charge on any atom is -0.383 e. The highest BCUT2D eigenvalue weighted by Crippen LogP contribution is 2.06. The Morgan fingerprint density at radius 3 is 3.00 bits per heavy atom. The highest BCUT2D eigenvalue weighted by molar-refractivity contribution is 4.84. The fourth-order valence-corrected chi connectivity index (χ4v) is 1.96. The topological polar surface area (TPSA) is 24.5 Å². The van der Waals surface area contributed by atoms with E-state index in [1.54, 1.807) is 7.11 Å². The second-order valence-electron chi connectivity index (χ2n) is 4.11. The summed E-state index contributed by atoms with van der Waals surface area (Å²) in [7, 11) is 1.77. The summed E-state index contributed by atoms with van der Waals surface area (Å²) in [6.07, 6.45) is 6.97. The van der Waals surface area contributed by atoms with Crippen molar-refractivity contribution in [3.8, 4) is 0 Å². The molecule has 1 atom stereocenters. The maximum atomic E-state index is 5.13. The Kier molecular flexibility index (Phi) is 6.64. The van der Waals surface area contributed by atoms with E-state index < -0.39 is 0 Å². The van der Waals surface area contributed by atoms with Crippen LogP contribution in [0.4, 0.5) is 0 Å². The molecule has 1 heterocycles. The molecule has 3 nitrogen and oxygen atoms in total. The molecule has 0 saturated carbocycles. The normalized spacial score (nSPS) is 21.9. The number of ether oxygens (including phenoxy) is 1. The van der Waals surface area contributed by atoms with Gasteiger partial charge in [-0.25, -0.2) is 0 Å². The van der Waals surface area contributed by atoms with Crippen molar-refractivity contribution < 1.29 is 4.74 Å². The maximum Gasteiger partial charge on any atom is 0.0589 e. The van der Waals surface area contributed by atoms with Crippen molar-refractivity contribution >= 4 is 0 Å². The lowest BCUT2D eigenvalue weighted by Gasteiger charge is -2.24. The van der Waals surface area contributed by atoms with Gasteiger partial charge in [0.2, 0.25) is 0 Å². The van der Waals surface area contributed by atoms with E-state index in [1.807, 2.05) is 0 Å². The molecule has 0 aromatic rings. The molecule has 88 valence electrons. The number of nitrogens with one attached hydrogen (secondary N) is 1. The van der Waals surface area contributed by atoms with Gasteiger partial charge in [0.1, 0.15) is 0 Å². The number of hydrogen-bond donors (Lipinski definition) is 1. The van der Waals surface area contributed by atoms with Crippen molar-refractivity contribution in [2.24, 2.45) is 0 Å². The van der Waals surface area contributed by atoms with Crippen LogP contribution in [0.25, 0.3) is 0 Å². The number of rotatable bonds is 7. The molecule has 15 heavy (non-hydrogen) atoms. The smallest absolute Gasteiger partial charge is 0.0589 e. The third-order valence-corrected chi connectivity index (χ3v) is 2.85. The Morgan fingerprint density at radius 2 is 2.40 bits per heavy atom. The van der Waals surface area contributed by atoms with Crippen molar-refractivity contribution in [1.29, 1.82) is 0 Å². The first-order valence-electron chi connectivity index (χ1n) is 5.92. The molecule has 0 radical (unpaired) electrons. The van der Waals surface area contributed by atoms with Gasteiger partial charge in [0.25, 0.3) is 0 Å². The third kappa shape index (κ3) is 5.30. The Morgan fingerprint density at radius 1 is 1.53 bits per heavy atom. The van der Waals surface area contributed by atoms with Crippen molar-refractivity contribution in [1.82, 2.24) is 10.2 Å². The molecular weight excluding hydrogens is 188 g/mol. The summed E-state index contributed by atoms with van der Waals surface area (Å²) in [4.78, 5) is 2.45. The molecular formula is C12H24N2O. The quantitative estimate of drug-likeness (QED) is 0.643. The first-order chi connectivity index (χ1) is 7.36. The summed E-state index contributed by atoms with van der Waals surface area (Å²) in [5, 5.41) is 3.53. The molecule has 1 aliphatic heterocycles. The zero-order valence-corrected chi connectivity index (χ0v) is 10.0. The van der Waals surface area contributed by atoms with Crippen LogP contribution in [0.5, 0.6) is 0 Å². The van der Waals surface area contributed by atoms with Crippen molar-refractivity contribution in [3.05, 3.63) is 12.2 Å². The molecule has 0 bridgehead atoms. The molecule has 1 N–H and O–H groups in total. The number of hydrogen-bond acceptors (Lipinski definition) is 3. The minimum absolute atomic E-state index is 0.687. The van der Waals surface area contributed by atoms with Crippen LogP contribution in [0.3, 0.4) is 0 Å². The Labute approximate surface area is 93.5 Å². The summed E-state index contributed by atoms with van der Waals surface area (Å²) in [5.41, 5.74) is 0. The van der Waals surface area contributed by atoms with Gasteiger partial charge in [-0.1, -0.05) is 12.2 Å². The van der Waals surface area contributed by atoms with E-state index in [0.29, 0.717) is 6.04 Å². The lowest BCUT2D eigenvalue weighted by atomic mass is 10.2. The van der Waals surface area contributed by atoms with E-state index in [4.69, 9.17) is 4.74 Å². The van der Waals surface area contributed by atoms with Gasteiger partial charge in [0.15, 0.2) is 0 Å². The van der Waals surface area contributed by atoms with Gasteiger partial charge >= 0.3 is 0 Å². The van der Waals surface area contributed by atoms with Gasteiger partial charge in [-0.3, -0.25) is 4.90 Å². The van der Waals surface area contributed by atoms with Gasteiger partial charge in [0, 0.05) is 32.8 Å². The molecule has 0 aromatic heterocycles. The van der Waals surface area contributed by atoms with E-state index in [-0.39, 0.29) is 0 Å². The van der Waals surface area contributed by atoms with Crippen LogP contribution in [0.2, 0.25) is 0 Å². The zero-order chi connectivity index (χ0) is 10.9. The van der Waals surface area contributed by atoms with Crippen LogP contribution < -0.4 is 5.32 Å². The highest BCUT2D eigenvalue weighted by Gasteiger charge is 2.16. The molecule has 1 rings (SSSR count). The van der Waals surface area contributed by atoms with Gasteiger partial charge in [0.05, 0.1) is 6.61 Å². The molecule has 3 heteroatoms. The SMILES string of the molecule is C/C=C/CN(CCOC)CC1CCCN1. The van der Waals surface area contributed by atoms with Gasteiger partial charge in [-0.2, -0.15) is 0 Å². The summed E-state index contributed by atoms with van der Waals surface area (Å²) in [5.74, 6) is 0. The van der Waals surface area contributed by atoms with Gasteiger partial charge in [-0.15, -0.1) is 0 Å². The zero-order valence-electron chi connectivity index (χ0n) is 10.0. The predicted molar refractivity (Wildman–Crippen MR) is 64.2 cm³/mol. The molecule has 1 aliphatic rings. The van der Waals surface area contributed by atoms with Crippen molar-refractivity contribution in [2.45, 2.75) is 25.8 Å². The summed E-state index contributed by atoms with van der Waals surface area (Å²) < 4.78 is 5.13. The molecule has 1 unspecified atom stereocenters. The molecule has 1 fully saturated rings. The van der Waals surface area contributed by atoms with Crippen LogP contribution in [-0.4, -0.2) is 50.8 Å². The molecule has 1 saturated heterocycles. The number of methoxy groups -OCH3 is 1. The highest BCUT2D eigenvalue weighted by atomic mass is 16.5. The van der Waals surface area contributed by atoms with E-state index >= 15 is 0 Å². The summed E-state index contributed by atoms with van der Waals surface area (Å²) in [6, 6.07) is 0.687. The monoisotopic (exact) mass is 212 g/mol. The van der Waals surface area contributed by atoms with Crippen LogP contribution in [-0.2, 0) is 4.74 Å². The Hall–Kier alpha value is -0.380. The van der Waals surface area contributed by atoms with E-state index in [2.05, 4.69) is 29.3 Å². The standard InChI is InChI=1S/C12H24N2O/c1-3-4-8-14(9-10-15-2)11-12-6-5-7-13-12/h3-4,12-13H,5-11H2,1-2H3/b4-3+. The van der Waals surface area contributed by atoms with Gasteiger partial charge in [-0.05, 0) is 26.3 Å². The van der Waals surface area contributed by atoms with Crippen LogP contribution in [0.1, 0.15) is 19.8 Å². The fourth-order valence-electron chi connectivity index (χ4n) is 1.96. The molecule has 0 aromatic carbocycles. The van der Waals surface area contributed by atoms with E-state index in [9.17, 15) is 0 Å². The first-order valence-corrected chi connectivity index (χ1v) is 5.92. The summed E-state index contributed by atoms with van der Waals surface area (Å²) in [6.45, 7) is 7.30. The minimum atomic E-state index is 0.687. The number of nitrogens with zero attached hydrogens (tertiary/aromatic N) is 1. The maximum absolute atomic E-state index is 5.13. The van der Waals surface area contributed by atoms with E-state index in [1.165, 1.54) is 19.4 Å². The van der Waals surface area contributed by atoms with E-state index in [0.717, 1.165) is 26.2 Å². The number of allylic oxidation sites excluding steroid dienone is 1. The van der Waals surface area contributed by atoms with Crippen molar-refractivity contribution in [2.75, 3.05) is 39.9 Å². The third-order valence-electron chi connectivity index (χ3n) is 2.85. The molecule has 0 aliphatic carbocycles. The first kappa shape index (κ1) is 12.7. The van der Waals surface area contributed by atoms with Crippen LogP contribution >= 0.6 is 0 Å². The fraction of sp³-hybridized carbons (Fsp3) is 0.833. The lowest BCUT2D eigenvalue weighted by molar-refractivity contribution is 0.149. The van der Waals surface area contributed by atoms with Crippen LogP contribution in [0.15, 0.2) is 12.2 Å². The second-order valence-corrected chi connectivity index (χ2v) is 4.11. The van der Waals surface area contributed by atoms with Gasteiger partial charge < -0.3 is 10.1 Å². The largest absolute Gasteiger partial charge is 0.383 e. The van der Waals surface area contributed by atoms with Crippen LogP contribution in [0, 0.1) is 0 Å². The average Bonchev–Trinajstić information content (AvgIpc) is 2.74. The predicted octanol–water partition coefficient (Wildman–Crippen LogP) is 1.26. The average molecular weight is 212 g/mol.